The van der Waals surface area contributed by atoms with E-state index in [1.54, 1.807) is 11.3 Å². The predicted octanol–water partition coefficient (Wildman–Crippen LogP) is 1.09. The molecule has 1 unspecified atom stereocenters. The molecule has 0 radical (unpaired) electrons. The van der Waals surface area contributed by atoms with Gasteiger partial charge in [-0.15, -0.1) is 11.3 Å². The SMILES string of the molecule is CC(N)Cc1nc(CN(C)C)cs1. The predicted molar refractivity (Wildman–Crippen MR) is 56.9 cm³/mol. The summed E-state index contributed by atoms with van der Waals surface area (Å²) in [5, 5.41) is 3.25. The Hall–Kier alpha value is -0.450. The minimum atomic E-state index is 0.207. The lowest BCUT2D eigenvalue weighted by molar-refractivity contribution is 0.397. The Kier molecular flexibility index (Phi) is 3.84. The Bertz CT molecular complexity index is 231. The molecule has 0 saturated heterocycles. The van der Waals surface area contributed by atoms with Crippen LogP contribution in [0.2, 0.25) is 0 Å². The van der Waals surface area contributed by atoms with Gasteiger partial charge in [-0.2, -0.15) is 0 Å². The van der Waals surface area contributed by atoms with E-state index in [1.807, 2.05) is 21.0 Å². The monoisotopic (exact) mass is 199 g/mol. The van der Waals surface area contributed by atoms with Crippen LogP contribution in [0.15, 0.2) is 5.38 Å². The number of hydrogen-bond donors (Lipinski definition) is 1. The molecule has 1 rings (SSSR count). The van der Waals surface area contributed by atoms with Gasteiger partial charge < -0.3 is 10.6 Å². The molecule has 1 atom stereocenters. The second-order valence-electron chi connectivity index (χ2n) is 3.65. The minimum Gasteiger partial charge on any atom is -0.328 e. The Balaban J connectivity index is 2.53. The third kappa shape index (κ3) is 3.85. The quantitative estimate of drug-likeness (QED) is 0.789. The molecule has 0 aromatic carbocycles. The first-order valence-corrected chi connectivity index (χ1v) is 5.29. The topological polar surface area (TPSA) is 42.1 Å². The van der Waals surface area contributed by atoms with Crippen molar-refractivity contribution in [3.63, 3.8) is 0 Å². The molecule has 3 nitrogen and oxygen atoms in total. The number of rotatable bonds is 4. The van der Waals surface area contributed by atoms with Gasteiger partial charge in [0.25, 0.3) is 0 Å². The number of hydrogen-bond acceptors (Lipinski definition) is 4. The van der Waals surface area contributed by atoms with E-state index in [0.717, 1.165) is 23.7 Å². The van der Waals surface area contributed by atoms with Crippen LogP contribution in [0.3, 0.4) is 0 Å². The summed E-state index contributed by atoms with van der Waals surface area (Å²) in [6, 6.07) is 0.207. The van der Waals surface area contributed by atoms with Gasteiger partial charge in [0.05, 0.1) is 10.7 Å². The van der Waals surface area contributed by atoms with Gasteiger partial charge in [0.15, 0.2) is 0 Å². The number of nitrogens with two attached hydrogens (primary N) is 1. The minimum absolute atomic E-state index is 0.207. The molecule has 0 amide bonds. The highest BCUT2D eigenvalue weighted by Crippen LogP contribution is 2.12. The molecule has 0 aliphatic carbocycles. The van der Waals surface area contributed by atoms with E-state index in [0.29, 0.717) is 0 Å². The maximum Gasteiger partial charge on any atom is 0.0944 e. The lowest BCUT2D eigenvalue weighted by Crippen LogP contribution is -2.17. The van der Waals surface area contributed by atoms with Gasteiger partial charge in [0.1, 0.15) is 0 Å². The molecule has 0 spiro atoms. The van der Waals surface area contributed by atoms with Gasteiger partial charge in [0, 0.05) is 24.4 Å². The number of aromatic nitrogens is 1. The summed E-state index contributed by atoms with van der Waals surface area (Å²) in [4.78, 5) is 6.60. The highest BCUT2D eigenvalue weighted by Gasteiger charge is 2.04. The van der Waals surface area contributed by atoms with Crippen LogP contribution in [-0.2, 0) is 13.0 Å². The van der Waals surface area contributed by atoms with Gasteiger partial charge in [-0.05, 0) is 21.0 Å². The first-order chi connectivity index (χ1) is 6.08. The maximum absolute atomic E-state index is 5.69. The molecule has 1 heterocycles. The molecule has 1 aromatic heterocycles. The molecule has 1 aromatic rings. The zero-order valence-corrected chi connectivity index (χ0v) is 9.27. The van der Waals surface area contributed by atoms with Crippen molar-refractivity contribution in [1.82, 2.24) is 9.88 Å². The Morgan fingerprint density at radius 2 is 2.31 bits per heavy atom. The highest BCUT2D eigenvalue weighted by atomic mass is 32.1. The first kappa shape index (κ1) is 10.6. The van der Waals surface area contributed by atoms with Crippen LogP contribution in [0, 0.1) is 0 Å². The third-order valence-corrected chi connectivity index (χ3v) is 2.49. The summed E-state index contributed by atoms with van der Waals surface area (Å²) in [7, 11) is 4.09. The molecule has 0 bridgehead atoms. The van der Waals surface area contributed by atoms with E-state index >= 15 is 0 Å². The van der Waals surface area contributed by atoms with E-state index in [4.69, 9.17) is 5.73 Å². The summed E-state index contributed by atoms with van der Waals surface area (Å²) in [6.45, 7) is 2.92. The summed E-state index contributed by atoms with van der Waals surface area (Å²) in [5.74, 6) is 0. The molecule has 0 fully saturated rings. The lowest BCUT2D eigenvalue weighted by atomic mass is 10.3. The lowest BCUT2D eigenvalue weighted by Gasteiger charge is -2.05. The van der Waals surface area contributed by atoms with Crippen LogP contribution in [-0.4, -0.2) is 30.0 Å². The van der Waals surface area contributed by atoms with Crippen molar-refractivity contribution in [1.29, 1.82) is 0 Å². The zero-order valence-electron chi connectivity index (χ0n) is 8.45. The summed E-state index contributed by atoms with van der Waals surface area (Å²) in [6.07, 6.45) is 0.887. The summed E-state index contributed by atoms with van der Waals surface area (Å²) in [5.41, 5.74) is 6.84. The van der Waals surface area contributed by atoms with Gasteiger partial charge in [-0.3, -0.25) is 0 Å². The zero-order chi connectivity index (χ0) is 9.84. The average Bonchev–Trinajstić information content (AvgIpc) is 2.33. The number of thiazole rings is 1. The van der Waals surface area contributed by atoms with Crippen molar-refractivity contribution in [3.05, 3.63) is 16.1 Å². The standard InChI is InChI=1S/C9H17N3S/c1-7(10)4-9-11-8(6-13-9)5-12(2)3/h6-7H,4-5,10H2,1-3H3. The van der Waals surface area contributed by atoms with Gasteiger partial charge in [-0.1, -0.05) is 0 Å². The van der Waals surface area contributed by atoms with E-state index in [1.165, 1.54) is 0 Å². The smallest absolute Gasteiger partial charge is 0.0944 e. The van der Waals surface area contributed by atoms with Gasteiger partial charge in [0.2, 0.25) is 0 Å². The van der Waals surface area contributed by atoms with Crippen molar-refractivity contribution in [2.24, 2.45) is 5.73 Å². The second-order valence-corrected chi connectivity index (χ2v) is 4.59. The molecule has 4 heteroatoms. The van der Waals surface area contributed by atoms with E-state index < -0.39 is 0 Å². The fraction of sp³-hybridized carbons (Fsp3) is 0.667. The van der Waals surface area contributed by atoms with Crippen LogP contribution in [0.1, 0.15) is 17.6 Å². The van der Waals surface area contributed by atoms with Crippen molar-refractivity contribution >= 4 is 11.3 Å². The molecule has 13 heavy (non-hydrogen) atoms. The molecule has 0 aliphatic rings. The molecular formula is C9H17N3S. The number of nitrogens with zero attached hydrogens (tertiary/aromatic N) is 2. The Morgan fingerprint density at radius 3 is 2.85 bits per heavy atom. The van der Waals surface area contributed by atoms with Crippen molar-refractivity contribution < 1.29 is 0 Å². The molecular weight excluding hydrogens is 182 g/mol. The molecule has 74 valence electrons. The maximum atomic E-state index is 5.69. The fourth-order valence-corrected chi connectivity index (χ4v) is 2.04. The summed E-state index contributed by atoms with van der Waals surface area (Å²) < 4.78 is 0. The van der Waals surface area contributed by atoms with Gasteiger partial charge in [-0.25, -0.2) is 4.98 Å². The van der Waals surface area contributed by atoms with Crippen LogP contribution < -0.4 is 5.73 Å². The van der Waals surface area contributed by atoms with Crippen LogP contribution in [0.5, 0.6) is 0 Å². The van der Waals surface area contributed by atoms with Gasteiger partial charge >= 0.3 is 0 Å². The first-order valence-electron chi connectivity index (χ1n) is 4.41. The third-order valence-electron chi connectivity index (χ3n) is 1.57. The van der Waals surface area contributed by atoms with E-state index in [-0.39, 0.29) is 6.04 Å². The normalized spacial score (nSPS) is 13.6. The van der Waals surface area contributed by atoms with Crippen molar-refractivity contribution in [3.8, 4) is 0 Å². The van der Waals surface area contributed by atoms with E-state index in [9.17, 15) is 0 Å². The molecule has 2 N–H and O–H groups in total. The fourth-order valence-electron chi connectivity index (χ4n) is 1.11. The van der Waals surface area contributed by atoms with Crippen molar-refractivity contribution in [2.45, 2.75) is 25.9 Å². The van der Waals surface area contributed by atoms with Crippen LogP contribution in [0.4, 0.5) is 0 Å². The Morgan fingerprint density at radius 1 is 1.62 bits per heavy atom. The van der Waals surface area contributed by atoms with Crippen LogP contribution in [0.25, 0.3) is 0 Å². The highest BCUT2D eigenvalue weighted by molar-refractivity contribution is 7.09. The van der Waals surface area contributed by atoms with E-state index in [2.05, 4.69) is 15.3 Å². The molecule has 0 saturated carbocycles. The largest absolute Gasteiger partial charge is 0.328 e. The average molecular weight is 199 g/mol. The van der Waals surface area contributed by atoms with Crippen LogP contribution >= 0.6 is 11.3 Å². The second kappa shape index (κ2) is 4.69. The van der Waals surface area contributed by atoms with Crippen molar-refractivity contribution in [2.75, 3.05) is 14.1 Å². The molecule has 0 aliphatic heterocycles. The summed E-state index contributed by atoms with van der Waals surface area (Å²) >= 11 is 1.70. The Labute approximate surface area is 83.6 Å².